The van der Waals surface area contributed by atoms with Crippen LogP contribution in [0.2, 0.25) is 0 Å². The fourth-order valence-corrected chi connectivity index (χ4v) is 0.976. The van der Waals surface area contributed by atoms with Crippen LogP contribution >= 0.6 is 0 Å². The van der Waals surface area contributed by atoms with E-state index in [1.165, 1.54) is 32.1 Å². The Kier molecular flexibility index (Phi) is 8.85. The van der Waals surface area contributed by atoms with Gasteiger partial charge in [-0.15, -0.1) is 0 Å². The summed E-state index contributed by atoms with van der Waals surface area (Å²) in [7, 11) is 0. The van der Waals surface area contributed by atoms with Gasteiger partial charge < -0.3 is 5.73 Å². The Morgan fingerprint density at radius 3 is 1.80 bits per heavy atom. The number of nitrogens with two attached hydrogens (primary N) is 1. The highest BCUT2D eigenvalue weighted by Gasteiger charge is 1.87. The average Bonchev–Trinajstić information content (AvgIpc) is 1.97. The first-order valence-corrected chi connectivity index (χ1v) is 4.26. The van der Waals surface area contributed by atoms with Crippen LogP contribution in [-0.4, -0.2) is 13.1 Å². The van der Waals surface area contributed by atoms with Crippen molar-refractivity contribution in [1.29, 1.82) is 0 Å². The Morgan fingerprint density at radius 2 is 1.30 bits per heavy atom. The van der Waals surface area contributed by atoms with Gasteiger partial charge in [-0.2, -0.15) is 0 Å². The van der Waals surface area contributed by atoms with Gasteiger partial charge in [0.1, 0.15) is 0 Å². The molecule has 61 valence electrons. The lowest BCUT2D eigenvalue weighted by Crippen LogP contribution is -1.97. The van der Waals surface area contributed by atoms with E-state index in [0.29, 0.717) is 6.54 Å². The maximum Gasteiger partial charge on any atom is 0.00997 e. The predicted molar refractivity (Wildman–Crippen MR) is 44.7 cm³/mol. The maximum atomic E-state index is 6.90. The van der Waals surface area contributed by atoms with E-state index in [9.17, 15) is 0 Å². The molecule has 0 aromatic carbocycles. The lowest BCUT2D eigenvalue weighted by molar-refractivity contribution is 0.599. The van der Waals surface area contributed by atoms with E-state index >= 15 is 0 Å². The summed E-state index contributed by atoms with van der Waals surface area (Å²) in [5, 5.41) is 0. The molecule has 2 nitrogen and oxygen atoms in total. The van der Waals surface area contributed by atoms with Crippen LogP contribution in [0.4, 0.5) is 0 Å². The van der Waals surface area contributed by atoms with Crippen molar-refractivity contribution in [2.24, 2.45) is 5.73 Å². The van der Waals surface area contributed by atoms with Crippen LogP contribution in [0.1, 0.15) is 38.5 Å². The largest absolute Gasteiger partial charge is 0.330 e. The molecule has 10 heavy (non-hydrogen) atoms. The molecule has 0 rings (SSSR count). The summed E-state index contributed by atoms with van der Waals surface area (Å²) in [6.45, 7) is 1.43. The third kappa shape index (κ3) is 7.92. The van der Waals surface area contributed by atoms with Crippen molar-refractivity contribution in [2.45, 2.75) is 38.5 Å². The van der Waals surface area contributed by atoms with Gasteiger partial charge in [0.2, 0.25) is 0 Å². The van der Waals surface area contributed by atoms with E-state index in [1.54, 1.807) is 0 Å². The highest BCUT2D eigenvalue weighted by Crippen LogP contribution is 2.03. The second-order valence-corrected chi connectivity index (χ2v) is 2.66. The first-order chi connectivity index (χ1) is 4.91. The van der Waals surface area contributed by atoms with Crippen LogP contribution in [0.15, 0.2) is 0 Å². The van der Waals surface area contributed by atoms with Gasteiger partial charge in [-0.05, 0) is 19.4 Å². The molecule has 2 heteroatoms. The van der Waals surface area contributed by atoms with E-state index in [0.717, 1.165) is 13.0 Å². The molecule has 0 unspecified atom stereocenters. The molecule has 0 atom stereocenters. The summed E-state index contributed by atoms with van der Waals surface area (Å²) in [5.41, 5.74) is 12.2. The Hall–Kier alpha value is -0.0800. The molecule has 0 aromatic heterocycles. The summed E-state index contributed by atoms with van der Waals surface area (Å²) < 4.78 is 0. The number of nitrogens with one attached hydrogen (secondary N) is 1. The molecule has 0 saturated carbocycles. The van der Waals surface area contributed by atoms with Crippen molar-refractivity contribution in [2.75, 3.05) is 13.1 Å². The fraction of sp³-hybridized carbons (Fsp3) is 1.00. The smallest absolute Gasteiger partial charge is 0.00997 e. The van der Waals surface area contributed by atoms with Gasteiger partial charge in [-0.3, -0.25) is 5.73 Å². The van der Waals surface area contributed by atoms with E-state index in [-0.39, 0.29) is 0 Å². The molecule has 0 saturated heterocycles. The fourth-order valence-electron chi connectivity index (χ4n) is 0.976. The lowest BCUT2D eigenvalue weighted by atomic mass is 10.1. The van der Waals surface area contributed by atoms with Crippen LogP contribution in [0.3, 0.4) is 0 Å². The van der Waals surface area contributed by atoms with E-state index in [4.69, 9.17) is 11.5 Å². The Labute approximate surface area is 64.0 Å². The van der Waals surface area contributed by atoms with E-state index in [1.807, 2.05) is 0 Å². The molecule has 0 bridgehead atoms. The zero-order valence-corrected chi connectivity index (χ0v) is 6.73. The predicted octanol–water partition coefficient (Wildman–Crippen LogP) is 1.57. The molecular formula is C8H19N2. The van der Waals surface area contributed by atoms with Crippen LogP contribution < -0.4 is 11.5 Å². The molecule has 3 N–H and O–H groups in total. The van der Waals surface area contributed by atoms with E-state index < -0.39 is 0 Å². The minimum Gasteiger partial charge on any atom is -0.330 e. The molecule has 0 aliphatic heterocycles. The van der Waals surface area contributed by atoms with Crippen molar-refractivity contribution in [3.05, 3.63) is 0 Å². The van der Waals surface area contributed by atoms with Gasteiger partial charge in [0.15, 0.2) is 0 Å². The molecule has 0 spiro atoms. The van der Waals surface area contributed by atoms with Gasteiger partial charge >= 0.3 is 0 Å². The molecule has 0 aliphatic rings. The average molecular weight is 143 g/mol. The Bertz CT molecular complexity index is 47.2. The molecule has 0 aliphatic carbocycles. The zero-order valence-electron chi connectivity index (χ0n) is 6.73. The lowest BCUT2D eigenvalue weighted by Gasteiger charge is -1.97. The van der Waals surface area contributed by atoms with Crippen molar-refractivity contribution < 1.29 is 0 Å². The van der Waals surface area contributed by atoms with Crippen molar-refractivity contribution in [1.82, 2.24) is 5.73 Å². The van der Waals surface area contributed by atoms with Crippen molar-refractivity contribution in [3.8, 4) is 0 Å². The number of hydrogen-bond acceptors (Lipinski definition) is 1. The van der Waals surface area contributed by atoms with Gasteiger partial charge in [-0.1, -0.05) is 25.7 Å². The molecule has 0 fully saturated rings. The SMILES string of the molecule is [NH]CCCCCCCCN. The standard InChI is InChI=1S/C8H19N2/c9-7-5-3-1-2-4-6-8-10/h9H,1-8,10H2. The third-order valence-electron chi connectivity index (χ3n) is 1.63. The minimum atomic E-state index is 0.594. The number of rotatable bonds is 7. The summed E-state index contributed by atoms with van der Waals surface area (Å²) in [4.78, 5) is 0. The summed E-state index contributed by atoms with van der Waals surface area (Å²) in [6, 6.07) is 0. The van der Waals surface area contributed by atoms with Crippen molar-refractivity contribution in [3.63, 3.8) is 0 Å². The monoisotopic (exact) mass is 143 g/mol. The summed E-state index contributed by atoms with van der Waals surface area (Å²) in [6.07, 6.45) is 7.34. The molecular weight excluding hydrogens is 124 g/mol. The summed E-state index contributed by atoms with van der Waals surface area (Å²) >= 11 is 0. The van der Waals surface area contributed by atoms with Crippen LogP contribution in [0.25, 0.3) is 0 Å². The molecule has 1 radical (unpaired) electrons. The zero-order chi connectivity index (χ0) is 7.66. The minimum absolute atomic E-state index is 0.594. The molecule has 0 amide bonds. The summed E-state index contributed by atoms with van der Waals surface area (Å²) in [5.74, 6) is 0. The Balaban J connectivity index is 2.65. The molecule has 0 aromatic rings. The van der Waals surface area contributed by atoms with Gasteiger partial charge in [0.05, 0.1) is 0 Å². The maximum absolute atomic E-state index is 6.90. The van der Waals surface area contributed by atoms with Crippen LogP contribution in [0, 0.1) is 0 Å². The van der Waals surface area contributed by atoms with Crippen molar-refractivity contribution >= 4 is 0 Å². The second kappa shape index (κ2) is 8.92. The first kappa shape index (κ1) is 9.92. The normalized spacial score (nSPS) is 10.2. The highest BCUT2D eigenvalue weighted by atomic mass is 14.5. The van der Waals surface area contributed by atoms with Crippen LogP contribution in [-0.2, 0) is 0 Å². The number of hydrogen-bond donors (Lipinski definition) is 1. The van der Waals surface area contributed by atoms with Crippen LogP contribution in [0.5, 0.6) is 0 Å². The van der Waals surface area contributed by atoms with Gasteiger partial charge in [-0.25, -0.2) is 0 Å². The molecule has 0 heterocycles. The second-order valence-electron chi connectivity index (χ2n) is 2.66. The first-order valence-electron chi connectivity index (χ1n) is 4.26. The Morgan fingerprint density at radius 1 is 0.800 bits per heavy atom. The topological polar surface area (TPSA) is 49.8 Å². The van der Waals surface area contributed by atoms with E-state index in [2.05, 4.69) is 0 Å². The highest BCUT2D eigenvalue weighted by molar-refractivity contribution is 4.45. The van der Waals surface area contributed by atoms with Gasteiger partial charge in [0.25, 0.3) is 0 Å². The quantitative estimate of drug-likeness (QED) is 0.540. The third-order valence-corrected chi connectivity index (χ3v) is 1.63. The van der Waals surface area contributed by atoms with Gasteiger partial charge in [0, 0.05) is 6.54 Å². The number of unbranched alkanes of at least 4 members (excludes halogenated alkanes) is 5.